The van der Waals surface area contributed by atoms with Gasteiger partial charge in [-0.1, -0.05) is 36.4 Å². The summed E-state index contributed by atoms with van der Waals surface area (Å²) in [4.78, 5) is 26.2. The first-order valence-corrected chi connectivity index (χ1v) is 10.9. The quantitative estimate of drug-likeness (QED) is 0.550. The van der Waals surface area contributed by atoms with E-state index in [4.69, 9.17) is 25.8 Å². The molecule has 178 valence electrons. The van der Waals surface area contributed by atoms with Crippen molar-refractivity contribution >= 4 is 29.1 Å². The molecular formula is C26H26ClNO6. The summed E-state index contributed by atoms with van der Waals surface area (Å²) < 4.78 is 15.7. The smallest absolute Gasteiger partial charge is 0.337 e. The summed E-state index contributed by atoms with van der Waals surface area (Å²) in [7, 11) is 2.72. The highest BCUT2D eigenvalue weighted by Crippen LogP contribution is 2.43. The lowest BCUT2D eigenvalue weighted by molar-refractivity contribution is -0.139. The van der Waals surface area contributed by atoms with Crippen LogP contribution in [0.3, 0.4) is 0 Å². The fraction of sp³-hybridized carbons (Fsp3) is 0.231. The van der Waals surface area contributed by atoms with E-state index in [0.717, 1.165) is 0 Å². The van der Waals surface area contributed by atoms with Gasteiger partial charge in [-0.15, -0.1) is 0 Å². The van der Waals surface area contributed by atoms with Gasteiger partial charge in [0.25, 0.3) is 0 Å². The highest BCUT2D eigenvalue weighted by Gasteiger charge is 2.39. The van der Waals surface area contributed by atoms with Crippen molar-refractivity contribution in [3.05, 3.63) is 87.7 Å². The summed E-state index contributed by atoms with van der Waals surface area (Å²) in [6.45, 7) is 7.74. The van der Waals surface area contributed by atoms with Crippen molar-refractivity contribution < 1.29 is 28.9 Å². The zero-order valence-electron chi connectivity index (χ0n) is 19.4. The first-order valence-electron chi connectivity index (χ1n) is 10.5. The van der Waals surface area contributed by atoms with Crippen molar-refractivity contribution in [3.8, 4) is 11.5 Å². The number of phenolic OH excluding ortho intramolecular Hbond substituents is 1. The van der Waals surface area contributed by atoms with Gasteiger partial charge in [0.05, 0.1) is 43.6 Å². The summed E-state index contributed by atoms with van der Waals surface area (Å²) in [5.74, 6) is -1.81. The maximum Gasteiger partial charge on any atom is 0.337 e. The number of phenols is 1. The molecule has 0 amide bonds. The molecule has 1 atom stereocenters. The summed E-state index contributed by atoms with van der Waals surface area (Å²) in [6, 6.07) is 11.7. The Labute approximate surface area is 203 Å². The predicted octanol–water partition coefficient (Wildman–Crippen LogP) is 4.72. The zero-order valence-corrected chi connectivity index (χ0v) is 20.2. The number of hydrogen-bond acceptors (Lipinski definition) is 7. The van der Waals surface area contributed by atoms with Crippen LogP contribution in [0.5, 0.6) is 11.5 Å². The zero-order chi connectivity index (χ0) is 25.0. The van der Waals surface area contributed by atoms with E-state index < -0.39 is 17.9 Å². The maximum atomic E-state index is 13.3. The molecule has 1 unspecified atom stereocenters. The Kier molecular flexibility index (Phi) is 7.68. The number of ether oxygens (including phenoxy) is 3. The third-order valence-corrected chi connectivity index (χ3v) is 5.71. The minimum Gasteiger partial charge on any atom is -0.504 e. The molecule has 1 heterocycles. The molecular weight excluding hydrogens is 458 g/mol. The van der Waals surface area contributed by atoms with Gasteiger partial charge in [-0.25, -0.2) is 9.59 Å². The summed E-state index contributed by atoms with van der Waals surface area (Å²) in [6.07, 6.45) is 0. The number of esters is 2. The molecule has 0 radical (unpaired) electrons. The largest absolute Gasteiger partial charge is 0.504 e. The van der Waals surface area contributed by atoms with Crippen molar-refractivity contribution in [1.29, 1.82) is 0 Å². The van der Waals surface area contributed by atoms with E-state index in [1.807, 2.05) is 0 Å². The molecule has 0 aromatic heterocycles. The van der Waals surface area contributed by atoms with Crippen molar-refractivity contribution in [3.63, 3.8) is 0 Å². The van der Waals surface area contributed by atoms with Crippen LogP contribution in [-0.4, -0.2) is 37.9 Å². The second kappa shape index (κ2) is 10.5. The molecule has 0 bridgehead atoms. The Morgan fingerprint density at radius 3 is 2.47 bits per heavy atom. The summed E-state index contributed by atoms with van der Waals surface area (Å²) in [5.41, 5.74) is 2.97. The van der Waals surface area contributed by atoms with Crippen LogP contribution in [-0.2, 0) is 19.1 Å². The maximum absolute atomic E-state index is 13.3. The highest BCUT2D eigenvalue weighted by molar-refractivity contribution is 6.30. The van der Waals surface area contributed by atoms with Gasteiger partial charge in [0.1, 0.15) is 0 Å². The average molecular weight is 484 g/mol. The fourth-order valence-corrected chi connectivity index (χ4v) is 4.10. The van der Waals surface area contributed by atoms with E-state index in [1.165, 1.54) is 20.3 Å². The lowest BCUT2D eigenvalue weighted by Gasteiger charge is -2.32. The standard InChI is InChI=1S/C26H26ClNO6/c1-6-34-26(31)23-22(17-8-7-9-18(27)12-17)21(25(30)33-5)15(3)28-24(23)14(2)16-10-11-19(29)20(13-16)32-4/h7-13,22,28-29H,2,6H2,1,3-5H3. The second-order valence-corrected chi connectivity index (χ2v) is 7.95. The van der Waals surface area contributed by atoms with Crippen LogP contribution < -0.4 is 10.1 Å². The van der Waals surface area contributed by atoms with E-state index in [2.05, 4.69) is 11.9 Å². The van der Waals surface area contributed by atoms with Gasteiger partial charge in [0.2, 0.25) is 0 Å². The molecule has 8 heteroatoms. The van der Waals surface area contributed by atoms with Gasteiger partial charge in [-0.3, -0.25) is 0 Å². The number of hydrogen-bond donors (Lipinski definition) is 2. The Balaban J connectivity index is 2.30. The third-order valence-electron chi connectivity index (χ3n) is 5.48. The number of nitrogens with one attached hydrogen (secondary N) is 1. The van der Waals surface area contributed by atoms with Gasteiger partial charge in [-0.05, 0) is 54.8 Å². The highest BCUT2D eigenvalue weighted by atomic mass is 35.5. The van der Waals surface area contributed by atoms with Gasteiger partial charge in [-0.2, -0.15) is 0 Å². The molecule has 0 saturated carbocycles. The number of carbonyl (C=O) groups excluding carboxylic acids is 2. The first-order chi connectivity index (χ1) is 16.2. The van der Waals surface area contributed by atoms with Crippen LogP contribution in [0.2, 0.25) is 5.02 Å². The molecule has 2 aromatic rings. The fourth-order valence-electron chi connectivity index (χ4n) is 3.90. The van der Waals surface area contributed by atoms with E-state index in [1.54, 1.807) is 50.2 Å². The number of methoxy groups -OCH3 is 2. The van der Waals surface area contributed by atoms with Gasteiger partial charge in [0, 0.05) is 10.7 Å². The molecule has 0 spiro atoms. The Morgan fingerprint density at radius 2 is 1.85 bits per heavy atom. The average Bonchev–Trinajstić information content (AvgIpc) is 2.82. The molecule has 7 nitrogen and oxygen atoms in total. The van der Waals surface area contributed by atoms with E-state index in [9.17, 15) is 14.7 Å². The lowest BCUT2D eigenvalue weighted by Crippen LogP contribution is -2.33. The van der Waals surface area contributed by atoms with Crippen molar-refractivity contribution in [1.82, 2.24) is 5.32 Å². The molecule has 0 aliphatic carbocycles. The number of carbonyl (C=O) groups is 2. The Bertz CT molecular complexity index is 1210. The first kappa shape index (κ1) is 24.9. The summed E-state index contributed by atoms with van der Waals surface area (Å²) in [5, 5.41) is 13.6. The Hall–Kier alpha value is -3.71. The second-order valence-electron chi connectivity index (χ2n) is 7.52. The third kappa shape index (κ3) is 4.79. The molecule has 34 heavy (non-hydrogen) atoms. The van der Waals surface area contributed by atoms with Crippen molar-refractivity contribution in [2.75, 3.05) is 20.8 Å². The van der Waals surface area contributed by atoms with Crippen LogP contribution in [0.25, 0.3) is 5.57 Å². The number of aromatic hydroxyl groups is 1. The monoisotopic (exact) mass is 483 g/mol. The van der Waals surface area contributed by atoms with Crippen LogP contribution in [0, 0.1) is 0 Å². The molecule has 1 aliphatic rings. The molecule has 2 N–H and O–H groups in total. The topological polar surface area (TPSA) is 94.1 Å². The molecule has 0 saturated heterocycles. The number of allylic oxidation sites excluding steroid dienone is 2. The van der Waals surface area contributed by atoms with Gasteiger partial charge >= 0.3 is 11.9 Å². The normalized spacial score (nSPS) is 15.5. The number of dihydropyridines is 1. The number of halogens is 1. The minimum absolute atomic E-state index is 0.0314. The molecule has 2 aromatic carbocycles. The lowest BCUT2D eigenvalue weighted by atomic mass is 9.78. The molecule has 3 rings (SSSR count). The molecule has 0 fully saturated rings. The van der Waals surface area contributed by atoms with Crippen molar-refractivity contribution in [2.45, 2.75) is 19.8 Å². The van der Waals surface area contributed by atoms with Crippen molar-refractivity contribution in [2.24, 2.45) is 0 Å². The number of rotatable bonds is 7. The number of benzene rings is 2. The van der Waals surface area contributed by atoms with E-state index in [-0.39, 0.29) is 29.3 Å². The summed E-state index contributed by atoms with van der Waals surface area (Å²) >= 11 is 6.26. The predicted molar refractivity (Wildman–Crippen MR) is 129 cm³/mol. The van der Waals surface area contributed by atoms with E-state index >= 15 is 0 Å². The Morgan fingerprint density at radius 1 is 1.12 bits per heavy atom. The van der Waals surface area contributed by atoms with Crippen LogP contribution in [0.15, 0.2) is 71.6 Å². The van der Waals surface area contributed by atoms with Crippen LogP contribution >= 0.6 is 11.6 Å². The van der Waals surface area contributed by atoms with Gasteiger partial charge in [0.15, 0.2) is 11.5 Å². The van der Waals surface area contributed by atoms with Gasteiger partial charge < -0.3 is 24.6 Å². The SMILES string of the molecule is C=C(C1=C(C(=O)OCC)C(c2cccc(Cl)c2)C(C(=O)OC)=C(C)N1)c1ccc(O)c(OC)c1. The van der Waals surface area contributed by atoms with Crippen LogP contribution in [0.4, 0.5) is 0 Å². The van der Waals surface area contributed by atoms with E-state index in [0.29, 0.717) is 33.1 Å². The molecule has 1 aliphatic heterocycles. The van der Waals surface area contributed by atoms with Crippen LogP contribution in [0.1, 0.15) is 30.9 Å². The minimum atomic E-state index is -0.822.